The molecule has 0 fully saturated rings. The van der Waals surface area contributed by atoms with Crippen molar-refractivity contribution in [1.82, 2.24) is 14.8 Å². The van der Waals surface area contributed by atoms with Crippen molar-refractivity contribution in [3.8, 4) is 28.7 Å². The maximum Gasteiger partial charge on any atom is 0.152 e. The fraction of sp³-hybridized carbons (Fsp3) is 0.118. The van der Waals surface area contributed by atoms with E-state index in [9.17, 15) is 5.26 Å². The van der Waals surface area contributed by atoms with Crippen LogP contribution in [0.15, 0.2) is 47.7 Å². The number of rotatable bonds is 4. The Labute approximate surface area is 133 Å². The topological polar surface area (TPSA) is 93.7 Å². The summed E-state index contributed by atoms with van der Waals surface area (Å²) in [5, 5.41) is 13.9. The molecule has 0 amide bonds. The second-order valence-electron chi connectivity index (χ2n) is 5.04. The number of anilines is 1. The Kier molecular flexibility index (Phi) is 3.69. The maximum absolute atomic E-state index is 9.45. The lowest BCUT2D eigenvalue weighted by atomic mass is 10.0. The van der Waals surface area contributed by atoms with E-state index in [-0.39, 0.29) is 5.82 Å². The summed E-state index contributed by atoms with van der Waals surface area (Å²) < 4.78 is 7.14. The van der Waals surface area contributed by atoms with Crippen LogP contribution in [0.1, 0.15) is 11.3 Å². The minimum Gasteiger partial charge on any atom is -0.463 e. The van der Waals surface area contributed by atoms with Crippen LogP contribution in [0.5, 0.6) is 0 Å². The van der Waals surface area contributed by atoms with E-state index in [0.29, 0.717) is 29.1 Å². The lowest BCUT2D eigenvalue weighted by Crippen LogP contribution is -1.99. The summed E-state index contributed by atoms with van der Waals surface area (Å²) in [6, 6.07) is 7.50. The van der Waals surface area contributed by atoms with Gasteiger partial charge in [0.25, 0.3) is 0 Å². The molecule has 0 aliphatic carbocycles. The van der Waals surface area contributed by atoms with Crippen LogP contribution in [-0.2, 0) is 6.54 Å². The van der Waals surface area contributed by atoms with Crippen molar-refractivity contribution < 1.29 is 4.42 Å². The molecule has 0 bridgehead atoms. The predicted octanol–water partition coefficient (Wildman–Crippen LogP) is 3.15. The molecule has 0 aromatic carbocycles. The lowest BCUT2D eigenvalue weighted by molar-refractivity contribution is 0.580. The summed E-state index contributed by atoms with van der Waals surface area (Å²) in [4.78, 5) is 4.26. The number of hydrogen-bond acceptors (Lipinski definition) is 5. The van der Waals surface area contributed by atoms with E-state index in [1.165, 1.54) is 0 Å². The molecule has 0 spiro atoms. The number of aryl methyl sites for hydroxylation is 1. The normalized spacial score (nSPS) is 10.4. The van der Waals surface area contributed by atoms with Gasteiger partial charge in [0, 0.05) is 17.3 Å². The Hall–Kier alpha value is -3.33. The Morgan fingerprint density at radius 1 is 1.48 bits per heavy atom. The Balaban J connectivity index is 2.21. The van der Waals surface area contributed by atoms with Crippen molar-refractivity contribution >= 4 is 5.82 Å². The summed E-state index contributed by atoms with van der Waals surface area (Å²) in [5.41, 5.74) is 9.23. The number of nitrogen functional groups attached to an aromatic ring is 1. The number of nitrogens with two attached hydrogens (primary N) is 1. The van der Waals surface area contributed by atoms with Crippen LogP contribution in [0.25, 0.3) is 22.6 Å². The molecule has 3 aromatic rings. The molecule has 3 aromatic heterocycles. The minimum atomic E-state index is 0.173. The van der Waals surface area contributed by atoms with Crippen LogP contribution in [0.3, 0.4) is 0 Å². The van der Waals surface area contributed by atoms with Crippen molar-refractivity contribution in [1.29, 1.82) is 5.26 Å². The van der Waals surface area contributed by atoms with Crippen molar-refractivity contribution in [2.75, 3.05) is 5.73 Å². The number of pyridine rings is 1. The summed E-state index contributed by atoms with van der Waals surface area (Å²) in [5.74, 6) is 0.769. The zero-order valence-electron chi connectivity index (χ0n) is 12.7. The van der Waals surface area contributed by atoms with Gasteiger partial charge in [-0.25, -0.2) is 4.98 Å². The highest BCUT2D eigenvalue weighted by Gasteiger charge is 2.17. The van der Waals surface area contributed by atoms with Gasteiger partial charge < -0.3 is 10.2 Å². The minimum absolute atomic E-state index is 0.173. The van der Waals surface area contributed by atoms with Crippen LogP contribution in [0.2, 0.25) is 0 Å². The number of allylic oxidation sites excluding steroid dienone is 1. The molecule has 0 aliphatic heterocycles. The van der Waals surface area contributed by atoms with Gasteiger partial charge in [-0.1, -0.05) is 6.08 Å². The molecule has 0 saturated heterocycles. The third-order valence-electron chi connectivity index (χ3n) is 3.49. The van der Waals surface area contributed by atoms with E-state index in [4.69, 9.17) is 10.2 Å². The number of nitrogens with zero attached hydrogens (tertiary/aromatic N) is 4. The first kappa shape index (κ1) is 14.6. The standard InChI is InChI=1S/C17H15N5O/c1-3-6-22-10-14(11(2)21-22)12-8-15(16-5-4-7-23-16)20-17(19)13(12)9-18/h3-5,7-8,10H,1,6H2,2H3,(H2,19,20). The smallest absolute Gasteiger partial charge is 0.152 e. The van der Waals surface area contributed by atoms with Gasteiger partial charge in [-0.05, 0) is 25.1 Å². The molecule has 2 N–H and O–H groups in total. The van der Waals surface area contributed by atoms with Crippen molar-refractivity contribution in [3.05, 3.63) is 54.6 Å². The first-order chi connectivity index (χ1) is 11.1. The second-order valence-corrected chi connectivity index (χ2v) is 5.04. The van der Waals surface area contributed by atoms with E-state index in [2.05, 4.69) is 22.7 Å². The molecule has 3 heterocycles. The molecule has 0 atom stereocenters. The predicted molar refractivity (Wildman–Crippen MR) is 87.2 cm³/mol. The first-order valence-electron chi connectivity index (χ1n) is 7.04. The summed E-state index contributed by atoms with van der Waals surface area (Å²) in [6.45, 7) is 6.19. The molecule has 0 aliphatic rings. The fourth-order valence-electron chi connectivity index (χ4n) is 2.45. The second kappa shape index (κ2) is 5.81. The third-order valence-corrected chi connectivity index (χ3v) is 3.49. The van der Waals surface area contributed by atoms with Crippen molar-refractivity contribution in [2.24, 2.45) is 0 Å². The maximum atomic E-state index is 9.45. The van der Waals surface area contributed by atoms with Gasteiger partial charge in [0.1, 0.15) is 23.1 Å². The van der Waals surface area contributed by atoms with Crippen molar-refractivity contribution in [2.45, 2.75) is 13.5 Å². The monoisotopic (exact) mass is 305 g/mol. The summed E-state index contributed by atoms with van der Waals surface area (Å²) >= 11 is 0. The average molecular weight is 305 g/mol. The van der Waals surface area contributed by atoms with Gasteiger partial charge in [0.2, 0.25) is 0 Å². The lowest BCUT2D eigenvalue weighted by Gasteiger charge is -2.07. The highest BCUT2D eigenvalue weighted by molar-refractivity contribution is 5.80. The highest BCUT2D eigenvalue weighted by Crippen LogP contribution is 2.32. The summed E-state index contributed by atoms with van der Waals surface area (Å²) in [7, 11) is 0. The van der Waals surface area contributed by atoms with Gasteiger partial charge in [0.15, 0.2) is 5.76 Å². The van der Waals surface area contributed by atoms with Crippen LogP contribution in [-0.4, -0.2) is 14.8 Å². The van der Waals surface area contributed by atoms with Crippen LogP contribution >= 0.6 is 0 Å². The molecular weight excluding hydrogens is 290 g/mol. The van der Waals surface area contributed by atoms with Crippen molar-refractivity contribution in [3.63, 3.8) is 0 Å². The van der Waals surface area contributed by atoms with E-state index in [1.54, 1.807) is 35.2 Å². The zero-order valence-corrected chi connectivity index (χ0v) is 12.7. The van der Waals surface area contributed by atoms with Crippen LogP contribution < -0.4 is 5.73 Å². The van der Waals surface area contributed by atoms with Gasteiger partial charge >= 0.3 is 0 Å². The van der Waals surface area contributed by atoms with E-state index >= 15 is 0 Å². The number of nitriles is 1. The van der Waals surface area contributed by atoms with E-state index in [0.717, 1.165) is 11.3 Å². The fourth-order valence-corrected chi connectivity index (χ4v) is 2.45. The molecule has 6 nitrogen and oxygen atoms in total. The Bertz CT molecular complexity index is 900. The molecule has 0 radical (unpaired) electrons. The number of furan rings is 1. The summed E-state index contributed by atoms with van der Waals surface area (Å²) in [6.07, 6.45) is 5.20. The van der Waals surface area contributed by atoms with Crippen LogP contribution in [0, 0.1) is 18.3 Å². The van der Waals surface area contributed by atoms with E-state index < -0.39 is 0 Å². The van der Waals surface area contributed by atoms with Gasteiger partial charge in [-0.2, -0.15) is 10.4 Å². The molecule has 0 unspecified atom stereocenters. The highest BCUT2D eigenvalue weighted by atomic mass is 16.3. The van der Waals surface area contributed by atoms with Crippen LogP contribution in [0.4, 0.5) is 5.82 Å². The zero-order chi connectivity index (χ0) is 16.4. The third kappa shape index (κ3) is 2.60. The SMILES string of the molecule is C=CCn1cc(-c2cc(-c3ccco3)nc(N)c2C#N)c(C)n1. The largest absolute Gasteiger partial charge is 0.463 e. The molecule has 114 valence electrons. The molecular formula is C17H15N5O. The number of aromatic nitrogens is 3. The molecule has 6 heteroatoms. The molecule has 3 rings (SSSR count). The first-order valence-corrected chi connectivity index (χ1v) is 7.04. The quantitative estimate of drug-likeness (QED) is 0.747. The van der Waals surface area contributed by atoms with Gasteiger partial charge in [-0.15, -0.1) is 6.58 Å². The molecule has 0 saturated carbocycles. The molecule has 23 heavy (non-hydrogen) atoms. The Morgan fingerprint density at radius 3 is 2.96 bits per heavy atom. The Morgan fingerprint density at radius 2 is 2.30 bits per heavy atom. The van der Waals surface area contributed by atoms with Gasteiger partial charge in [0.05, 0.1) is 18.5 Å². The van der Waals surface area contributed by atoms with Gasteiger partial charge in [-0.3, -0.25) is 4.68 Å². The van der Waals surface area contributed by atoms with E-state index in [1.807, 2.05) is 13.1 Å². The number of hydrogen-bond donors (Lipinski definition) is 1. The average Bonchev–Trinajstić information content (AvgIpc) is 3.16.